The van der Waals surface area contributed by atoms with E-state index in [0.29, 0.717) is 25.4 Å². The minimum atomic E-state index is -0.288. The molecule has 1 saturated heterocycles. The Morgan fingerprint density at radius 2 is 2.04 bits per heavy atom. The number of amides is 2. The third-order valence-electron chi connectivity index (χ3n) is 4.94. The second kappa shape index (κ2) is 7.31. The molecular formula is C21H22FN3O2. The summed E-state index contributed by atoms with van der Waals surface area (Å²) in [6, 6.07) is 14.1. The predicted octanol–water partition coefficient (Wildman–Crippen LogP) is 3.68. The van der Waals surface area contributed by atoms with Crippen LogP contribution in [0.2, 0.25) is 0 Å². The molecule has 1 aliphatic rings. The molecule has 6 heteroatoms. The first-order chi connectivity index (χ1) is 13.1. The topological polar surface area (TPSA) is 46.5 Å². The van der Waals surface area contributed by atoms with Gasteiger partial charge in [0.2, 0.25) is 0 Å². The highest BCUT2D eigenvalue weighted by Gasteiger charge is 2.27. The van der Waals surface area contributed by atoms with E-state index in [1.54, 1.807) is 17.0 Å². The molecule has 1 atom stereocenters. The molecule has 27 heavy (non-hydrogen) atoms. The van der Waals surface area contributed by atoms with Crippen molar-refractivity contribution >= 4 is 16.9 Å². The van der Waals surface area contributed by atoms with Crippen molar-refractivity contribution in [2.45, 2.75) is 19.1 Å². The lowest BCUT2D eigenvalue weighted by molar-refractivity contribution is 0.186. The van der Waals surface area contributed by atoms with Gasteiger partial charge in [0.1, 0.15) is 17.7 Å². The molecular weight excluding hydrogens is 345 g/mol. The summed E-state index contributed by atoms with van der Waals surface area (Å²) in [6.07, 6.45) is 2.72. The number of fused-ring (bicyclic) bond motifs is 1. The van der Waals surface area contributed by atoms with Crippen LogP contribution >= 0.6 is 0 Å². The zero-order valence-electron chi connectivity index (χ0n) is 15.2. The largest absolute Gasteiger partial charge is 0.489 e. The number of carbonyl (C=O) groups excluding carboxylic acids is 1. The van der Waals surface area contributed by atoms with Gasteiger partial charge in [-0.05, 0) is 53.4 Å². The average Bonchev–Trinajstić information content (AvgIpc) is 3.29. The van der Waals surface area contributed by atoms with Gasteiger partial charge in [-0.3, -0.25) is 0 Å². The molecule has 2 heterocycles. The summed E-state index contributed by atoms with van der Waals surface area (Å²) in [7, 11) is 2.02. The molecule has 0 unspecified atom stereocenters. The van der Waals surface area contributed by atoms with Crippen LogP contribution in [0.1, 0.15) is 12.0 Å². The molecule has 0 radical (unpaired) electrons. The van der Waals surface area contributed by atoms with Crippen molar-refractivity contribution in [1.29, 1.82) is 0 Å². The number of nitrogens with zero attached hydrogens (tertiary/aromatic N) is 2. The monoisotopic (exact) mass is 367 g/mol. The Morgan fingerprint density at radius 3 is 2.85 bits per heavy atom. The van der Waals surface area contributed by atoms with Crippen LogP contribution in [0.5, 0.6) is 5.75 Å². The first-order valence-corrected chi connectivity index (χ1v) is 9.07. The van der Waals surface area contributed by atoms with Crippen LogP contribution in [0.15, 0.2) is 54.7 Å². The molecule has 4 rings (SSSR count). The maximum Gasteiger partial charge on any atom is 0.317 e. The molecule has 2 aromatic carbocycles. The number of carbonyl (C=O) groups is 1. The average molecular weight is 367 g/mol. The molecule has 0 saturated carbocycles. The van der Waals surface area contributed by atoms with Gasteiger partial charge in [0.25, 0.3) is 0 Å². The summed E-state index contributed by atoms with van der Waals surface area (Å²) in [5.41, 5.74) is 2.24. The Hall–Kier alpha value is -3.02. The lowest BCUT2D eigenvalue weighted by Gasteiger charge is -2.18. The lowest BCUT2D eigenvalue weighted by atomic mass is 10.1. The van der Waals surface area contributed by atoms with E-state index in [4.69, 9.17) is 4.74 Å². The number of rotatable bonds is 4. The van der Waals surface area contributed by atoms with Crippen molar-refractivity contribution in [2.24, 2.45) is 7.05 Å². The normalized spacial score (nSPS) is 16.7. The Kier molecular flexibility index (Phi) is 4.71. The van der Waals surface area contributed by atoms with E-state index in [9.17, 15) is 9.18 Å². The van der Waals surface area contributed by atoms with Gasteiger partial charge >= 0.3 is 6.03 Å². The van der Waals surface area contributed by atoms with Gasteiger partial charge in [-0.15, -0.1) is 0 Å². The first-order valence-electron chi connectivity index (χ1n) is 9.07. The molecule has 2 amide bonds. The summed E-state index contributed by atoms with van der Waals surface area (Å²) < 4.78 is 20.9. The summed E-state index contributed by atoms with van der Waals surface area (Å²) in [4.78, 5) is 14.2. The molecule has 1 aromatic heterocycles. The van der Waals surface area contributed by atoms with Crippen LogP contribution in [0.25, 0.3) is 10.9 Å². The zero-order valence-corrected chi connectivity index (χ0v) is 15.2. The highest BCUT2D eigenvalue weighted by Crippen LogP contribution is 2.19. The van der Waals surface area contributed by atoms with Crippen LogP contribution in [0, 0.1) is 5.82 Å². The van der Waals surface area contributed by atoms with Crippen molar-refractivity contribution < 1.29 is 13.9 Å². The highest BCUT2D eigenvalue weighted by molar-refractivity contribution is 5.81. The molecule has 1 fully saturated rings. The number of hydrogen-bond acceptors (Lipinski definition) is 2. The Balaban J connectivity index is 1.30. The Bertz CT molecular complexity index is 952. The Morgan fingerprint density at radius 1 is 1.22 bits per heavy atom. The number of likely N-dealkylation sites (tertiary alicyclic amines) is 1. The zero-order chi connectivity index (χ0) is 18.8. The second-order valence-electron chi connectivity index (χ2n) is 6.91. The van der Waals surface area contributed by atoms with Crippen molar-refractivity contribution in [2.75, 3.05) is 13.1 Å². The van der Waals surface area contributed by atoms with Gasteiger partial charge in [-0.1, -0.05) is 6.07 Å². The molecule has 1 aliphatic heterocycles. The van der Waals surface area contributed by atoms with Crippen LogP contribution in [0.4, 0.5) is 9.18 Å². The third kappa shape index (κ3) is 3.89. The summed E-state index contributed by atoms with van der Waals surface area (Å²) >= 11 is 0. The van der Waals surface area contributed by atoms with Gasteiger partial charge in [0.05, 0.1) is 6.54 Å². The number of urea groups is 1. The minimum absolute atomic E-state index is 0.0677. The van der Waals surface area contributed by atoms with Crippen LogP contribution in [-0.4, -0.2) is 34.7 Å². The molecule has 0 aliphatic carbocycles. The first kappa shape index (κ1) is 17.4. The van der Waals surface area contributed by atoms with E-state index in [2.05, 4.69) is 28.1 Å². The van der Waals surface area contributed by atoms with Gasteiger partial charge in [-0.25, -0.2) is 9.18 Å². The molecule has 3 aromatic rings. The number of halogens is 1. The van der Waals surface area contributed by atoms with Crippen molar-refractivity contribution in [1.82, 2.24) is 14.8 Å². The fourth-order valence-corrected chi connectivity index (χ4v) is 3.45. The van der Waals surface area contributed by atoms with Gasteiger partial charge in [0, 0.05) is 38.3 Å². The SMILES string of the molecule is Cn1ccc2cc(CNC(=O)N3CC[C@H](Oc4ccc(F)cc4)C3)ccc21. The fourth-order valence-electron chi connectivity index (χ4n) is 3.45. The maximum atomic E-state index is 13.0. The van der Waals surface area contributed by atoms with E-state index in [1.165, 1.54) is 17.6 Å². The van der Waals surface area contributed by atoms with E-state index in [1.807, 2.05) is 19.3 Å². The van der Waals surface area contributed by atoms with Crippen LogP contribution in [0.3, 0.4) is 0 Å². The summed E-state index contributed by atoms with van der Waals surface area (Å²) in [5.74, 6) is 0.336. The predicted molar refractivity (Wildman–Crippen MR) is 102 cm³/mol. The number of ether oxygens (including phenoxy) is 1. The molecule has 0 bridgehead atoms. The number of benzene rings is 2. The van der Waals surface area contributed by atoms with Crippen LogP contribution < -0.4 is 10.1 Å². The second-order valence-corrected chi connectivity index (χ2v) is 6.91. The fraction of sp³-hybridized carbons (Fsp3) is 0.286. The van der Waals surface area contributed by atoms with E-state index < -0.39 is 0 Å². The molecule has 5 nitrogen and oxygen atoms in total. The quantitative estimate of drug-likeness (QED) is 0.765. The molecule has 1 N–H and O–H groups in total. The standard InChI is InChI=1S/C21H22FN3O2/c1-24-10-8-16-12-15(2-7-20(16)24)13-23-21(26)25-11-9-19(14-25)27-18-5-3-17(22)4-6-18/h2-8,10,12,19H,9,11,13-14H2,1H3,(H,23,26)/t19-/m0/s1. The molecule has 0 spiro atoms. The number of nitrogens with one attached hydrogen (secondary N) is 1. The maximum absolute atomic E-state index is 13.0. The Labute approximate surface area is 157 Å². The highest BCUT2D eigenvalue weighted by atomic mass is 19.1. The van der Waals surface area contributed by atoms with Crippen molar-refractivity contribution in [3.8, 4) is 5.75 Å². The van der Waals surface area contributed by atoms with E-state index >= 15 is 0 Å². The number of aryl methyl sites for hydroxylation is 1. The van der Waals surface area contributed by atoms with E-state index in [0.717, 1.165) is 17.4 Å². The third-order valence-corrected chi connectivity index (χ3v) is 4.94. The number of hydrogen-bond donors (Lipinski definition) is 1. The van der Waals surface area contributed by atoms with Crippen LogP contribution in [-0.2, 0) is 13.6 Å². The van der Waals surface area contributed by atoms with Crippen molar-refractivity contribution in [3.05, 3.63) is 66.1 Å². The lowest BCUT2D eigenvalue weighted by Crippen LogP contribution is -2.39. The van der Waals surface area contributed by atoms with E-state index in [-0.39, 0.29) is 18.0 Å². The summed E-state index contributed by atoms with van der Waals surface area (Å²) in [6.45, 7) is 1.67. The summed E-state index contributed by atoms with van der Waals surface area (Å²) in [5, 5.41) is 4.14. The van der Waals surface area contributed by atoms with Gasteiger partial charge in [0.15, 0.2) is 0 Å². The number of aromatic nitrogens is 1. The molecule has 140 valence electrons. The van der Waals surface area contributed by atoms with Crippen molar-refractivity contribution in [3.63, 3.8) is 0 Å². The smallest absolute Gasteiger partial charge is 0.317 e. The van der Waals surface area contributed by atoms with Gasteiger partial charge in [-0.2, -0.15) is 0 Å². The minimum Gasteiger partial charge on any atom is -0.489 e. The van der Waals surface area contributed by atoms with Gasteiger partial charge < -0.3 is 19.5 Å².